The van der Waals surface area contributed by atoms with Crippen LogP contribution in [0.3, 0.4) is 0 Å². The average molecular weight is 552 g/mol. The lowest BCUT2D eigenvalue weighted by Gasteiger charge is -2.37. The maximum absolute atomic E-state index is 13.7. The van der Waals surface area contributed by atoms with E-state index in [0.29, 0.717) is 12.0 Å². The first-order valence-electron chi connectivity index (χ1n) is 13.3. The molecule has 4 N–H and O–H groups in total. The Balaban J connectivity index is 1.80. The zero-order valence-electron chi connectivity index (χ0n) is 23.2. The number of phenolic OH excluding ortho intramolecular Hbond substituents is 1. The molecule has 0 aliphatic carbocycles. The molecule has 214 valence electrons. The van der Waals surface area contributed by atoms with Crippen LogP contribution in [0.2, 0.25) is 0 Å². The van der Waals surface area contributed by atoms with E-state index in [1.165, 1.54) is 29.2 Å². The van der Waals surface area contributed by atoms with E-state index in [1.54, 1.807) is 33.8 Å². The van der Waals surface area contributed by atoms with Crippen molar-refractivity contribution < 1.29 is 34.1 Å². The van der Waals surface area contributed by atoms with E-state index in [1.807, 2.05) is 24.3 Å². The van der Waals surface area contributed by atoms with Gasteiger partial charge in [-0.25, -0.2) is 4.79 Å². The first-order chi connectivity index (χ1) is 19.1. The summed E-state index contributed by atoms with van der Waals surface area (Å²) in [4.78, 5) is 53.4. The number of nitrogens with zero attached hydrogens (tertiary/aromatic N) is 1. The fourth-order valence-corrected chi connectivity index (χ4v) is 4.61. The van der Waals surface area contributed by atoms with Gasteiger partial charge in [-0.05, 0) is 49.4 Å². The van der Waals surface area contributed by atoms with Gasteiger partial charge >= 0.3 is 5.97 Å². The van der Waals surface area contributed by atoms with Crippen LogP contribution < -0.4 is 10.6 Å². The molecule has 0 spiro atoms. The number of amides is 3. The first-order valence-corrected chi connectivity index (χ1v) is 13.3. The Hall–Kier alpha value is -4.18. The molecule has 3 amide bonds. The second-order valence-corrected chi connectivity index (χ2v) is 10.0. The molecule has 0 saturated heterocycles. The minimum Gasteiger partial charge on any atom is -0.508 e. The number of nitrogens with one attached hydrogen (secondary N) is 2. The molecule has 3 atom stereocenters. The Morgan fingerprint density at radius 2 is 1.77 bits per heavy atom. The van der Waals surface area contributed by atoms with E-state index >= 15 is 0 Å². The summed E-state index contributed by atoms with van der Waals surface area (Å²) in [5.41, 5.74) is 2.54. The van der Waals surface area contributed by atoms with E-state index in [2.05, 4.69) is 10.6 Å². The molecule has 0 aromatic heterocycles. The number of carbonyl (C=O) groups excluding carboxylic acids is 4. The molecule has 40 heavy (non-hydrogen) atoms. The highest BCUT2D eigenvalue weighted by atomic mass is 16.5. The average Bonchev–Trinajstić information content (AvgIpc) is 2.93. The summed E-state index contributed by atoms with van der Waals surface area (Å²) in [6.07, 6.45) is 3.32. The summed E-state index contributed by atoms with van der Waals surface area (Å²) in [6.45, 7) is 6.56. The molecule has 10 heteroatoms. The number of carbonyl (C=O) groups is 4. The van der Waals surface area contributed by atoms with Crippen LogP contribution in [0.25, 0.3) is 0 Å². The molecule has 0 bridgehead atoms. The number of benzene rings is 2. The normalized spacial score (nSPS) is 16.2. The van der Waals surface area contributed by atoms with Crippen LogP contribution in [0.5, 0.6) is 5.75 Å². The molecule has 3 rings (SSSR count). The number of aromatic hydroxyl groups is 1. The second-order valence-electron chi connectivity index (χ2n) is 10.0. The summed E-state index contributed by atoms with van der Waals surface area (Å²) in [7, 11) is 0. The molecule has 0 fully saturated rings. The van der Waals surface area contributed by atoms with Gasteiger partial charge < -0.3 is 30.5 Å². The molecule has 0 saturated carbocycles. The van der Waals surface area contributed by atoms with Crippen LogP contribution in [0.15, 0.2) is 54.6 Å². The van der Waals surface area contributed by atoms with Crippen molar-refractivity contribution in [2.24, 2.45) is 5.92 Å². The smallest absolute Gasteiger partial charge is 0.330 e. The Morgan fingerprint density at radius 3 is 2.42 bits per heavy atom. The number of esters is 1. The molecule has 1 heterocycles. The number of rotatable bonds is 10. The number of ether oxygens (including phenoxy) is 1. The SMILES string of the molecule is CCOC(=O)/C=C/[C@H]1Cc2ccccc2CN1C(=O)[C@H](CO)NC(=O)[C@@H](NC(=O)c1cccc(O)c1C)C(C)C. The maximum atomic E-state index is 13.7. The predicted octanol–water partition coefficient (Wildman–Crippen LogP) is 2.00. The lowest BCUT2D eigenvalue weighted by Crippen LogP contribution is -2.58. The number of aliphatic hydroxyl groups is 1. The number of hydrogen-bond donors (Lipinski definition) is 4. The first kappa shape index (κ1) is 30.4. The van der Waals surface area contributed by atoms with Gasteiger partial charge in [0.05, 0.1) is 19.3 Å². The Bertz CT molecular complexity index is 1270. The Morgan fingerprint density at radius 1 is 1.07 bits per heavy atom. The molecular weight excluding hydrogens is 514 g/mol. The highest BCUT2D eigenvalue weighted by Crippen LogP contribution is 2.25. The molecule has 2 aromatic rings. The summed E-state index contributed by atoms with van der Waals surface area (Å²) in [5, 5.41) is 25.4. The highest BCUT2D eigenvalue weighted by Gasteiger charge is 2.35. The number of aliphatic hydroxyl groups excluding tert-OH is 1. The van der Waals surface area contributed by atoms with Crippen LogP contribution in [0.4, 0.5) is 0 Å². The fraction of sp³-hybridized carbons (Fsp3) is 0.400. The minimum absolute atomic E-state index is 0.0428. The van der Waals surface area contributed by atoms with Crippen LogP contribution in [-0.4, -0.2) is 70.1 Å². The fourth-order valence-electron chi connectivity index (χ4n) is 4.61. The zero-order valence-corrected chi connectivity index (χ0v) is 23.2. The van der Waals surface area contributed by atoms with Crippen molar-refractivity contribution in [3.8, 4) is 5.75 Å². The van der Waals surface area contributed by atoms with Crippen LogP contribution in [0.1, 0.15) is 47.8 Å². The second kappa shape index (κ2) is 13.7. The van der Waals surface area contributed by atoms with E-state index < -0.39 is 48.4 Å². The molecular formula is C30H37N3O7. The molecule has 1 aliphatic heterocycles. The Kier molecular flexibility index (Phi) is 10.4. The van der Waals surface area contributed by atoms with Crippen LogP contribution in [0, 0.1) is 12.8 Å². The van der Waals surface area contributed by atoms with Gasteiger partial charge in [-0.2, -0.15) is 0 Å². The van der Waals surface area contributed by atoms with Crippen LogP contribution >= 0.6 is 0 Å². The van der Waals surface area contributed by atoms with Gasteiger partial charge in [0.15, 0.2) is 0 Å². The zero-order chi connectivity index (χ0) is 29.4. The predicted molar refractivity (Wildman–Crippen MR) is 148 cm³/mol. The summed E-state index contributed by atoms with van der Waals surface area (Å²) >= 11 is 0. The standard InChI is InChI=1S/C30H37N3O7/c1-5-40-26(36)14-13-22-15-20-9-6-7-10-21(20)16-33(22)30(39)24(17-34)31-29(38)27(18(2)3)32-28(37)23-11-8-12-25(35)19(23)4/h6-14,18,22,24,27,34-35H,5,15-17H2,1-4H3,(H,31,38)(H,32,37)/b14-13+/t22-,24-,27-/m0/s1. The molecule has 0 unspecified atom stereocenters. The van der Waals surface area contributed by atoms with E-state index in [4.69, 9.17) is 4.74 Å². The molecule has 10 nitrogen and oxygen atoms in total. The van der Waals surface area contributed by atoms with Crippen molar-refractivity contribution >= 4 is 23.7 Å². The third-order valence-electron chi connectivity index (χ3n) is 6.90. The quantitative estimate of drug-likeness (QED) is 0.261. The van der Waals surface area contributed by atoms with Gasteiger partial charge in [-0.3, -0.25) is 14.4 Å². The largest absolute Gasteiger partial charge is 0.508 e. The minimum atomic E-state index is -1.28. The van der Waals surface area contributed by atoms with E-state index in [9.17, 15) is 29.4 Å². The van der Waals surface area contributed by atoms with E-state index in [-0.39, 0.29) is 30.4 Å². The summed E-state index contributed by atoms with van der Waals surface area (Å²) in [6, 6.07) is 9.36. The summed E-state index contributed by atoms with van der Waals surface area (Å²) < 4.78 is 4.97. The van der Waals surface area contributed by atoms with Crippen molar-refractivity contribution in [2.45, 2.75) is 58.8 Å². The van der Waals surface area contributed by atoms with Gasteiger partial charge in [-0.1, -0.05) is 50.3 Å². The Labute approximate surface area is 234 Å². The third-order valence-corrected chi connectivity index (χ3v) is 6.90. The van der Waals surface area contributed by atoms with Crippen molar-refractivity contribution in [1.82, 2.24) is 15.5 Å². The molecule has 0 radical (unpaired) electrons. The lowest BCUT2D eigenvalue weighted by atomic mass is 9.93. The summed E-state index contributed by atoms with van der Waals surface area (Å²) in [5.74, 6) is -2.63. The molecule has 1 aliphatic rings. The van der Waals surface area contributed by atoms with Crippen molar-refractivity contribution in [3.63, 3.8) is 0 Å². The highest BCUT2D eigenvalue weighted by molar-refractivity contribution is 6.00. The van der Waals surface area contributed by atoms with Gasteiger partial charge in [0, 0.05) is 23.7 Å². The lowest BCUT2D eigenvalue weighted by molar-refractivity contribution is -0.140. The van der Waals surface area contributed by atoms with Gasteiger partial charge in [0.1, 0.15) is 17.8 Å². The third kappa shape index (κ3) is 7.26. The van der Waals surface area contributed by atoms with Crippen molar-refractivity contribution in [1.29, 1.82) is 0 Å². The van der Waals surface area contributed by atoms with Gasteiger partial charge in [0.25, 0.3) is 5.91 Å². The topological polar surface area (TPSA) is 145 Å². The number of hydrogen-bond acceptors (Lipinski definition) is 7. The maximum Gasteiger partial charge on any atom is 0.330 e. The number of fused-ring (bicyclic) bond motifs is 1. The monoisotopic (exact) mass is 551 g/mol. The van der Waals surface area contributed by atoms with Crippen molar-refractivity contribution in [2.75, 3.05) is 13.2 Å². The van der Waals surface area contributed by atoms with Gasteiger partial charge in [-0.15, -0.1) is 0 Å². The number of phenols is 1. The van der Waals surface area contributed by atoms with E-state index in [0.717, 1.165) is 11.1 Å². The van der Waals surface area contributed by atoms with Crippen molar-refractivity contribution in [3.05, 3.63) is 76.9 Å². The van der Waals surface area contributed by atoms with Gasteiger partial charge in [0.2, 0.25) is 11.8 Å². The molecule has 2 aromatic carbocycles. The van der Waals surface area contributed by atoms with Crippen LogP contribution in [-0.2, 0) is 32.1 Å².